The molecule has 3 heterocycles. The third-order valence-electron chi connectivity index (χ3n) is 4.70. The molecule has 1 aromatic rings. The second-order valence-electron chi connectivity index (χ2n) is 6.63. The molecule has 7 heteroatoms. The van der Waals surface area contributed by atoms with Crippen molar-refractivity contribution in [2.45, 2.75) is 37.5 Å². The molecule has 2 saturated heterocycles. The van der Waals surface area contributed by atoms with E-state index in [0.717, 1.165) is 38.1 Å². The van der Waals surface area contributed by atoms with E-state index < -0.39 is 17.3 Å². The van der Waals surface area contributed by atoms with Crippen LogP contribution >= 0.6 is 0 Å². The first-order valence-corrected chi connectivity index (χ1v) is 8.09. The number of alkyl halides is 3. The third kappa shape index (κ3) is 3.95. The van der Waals surface area contributed by atoms with E-state index in [1.54, 1.807) is 4.90 Å². The van der Waals surface area contributed by atoms with Gasteiger partial charge in [-0.25, -0.2) is 4.98 Å². The molecule has 0 bridgehead atoms. The van der Waals surface area contributed by atoms with Crippen LogP contribution < -0.4 is 4.90 Å². The molecule has 128 valence electrons. The summed E-state index contributed by atoms with van der Waals surface area (Å²) in [6.45, 7) is 3.42. The highest BCUT2D eigenvalue weighted by Gasteiger charge is 2.39. The van der Waals surface area contributed by atoms with Gasteiger partial charge < -0.3 is 14.9 Å². The first kappa shape index (κ1) is 16.5. The summed E-state index contributed by atoms with van der Waals surface area (Å²) < 4.78 is 38.4. The minimum atomic E-state index is -4.37. The van der Waals surface area contributed by atoms with E-state index in [0.29, 0.717) is 26.1 Å². The van der Waals surface area contributed by atoms with Crippen molar-refractivity contribution in [3.63, 3.8) is 0 Å². The topological polar surface area (TPSA) is 39.6 Å². The lowest BCUT2D eigenvalue weighted by Crippen LogP contribution is -2.46. The van der Waals surface area contributed by atoms with Crippen LogP contribution in [0.3, 0.4) is 0 Å². The Kier molecular flexibility index (Phi) is 4.51. The molecule has 0 aromatic carbocycles. The summed E-state index contributed by atoms with van der Waals surface area (Å²) in [4.78, 5) is 8.05. The van der Waals surface area contributed by atoms with Gasteiger partial charge in [0.05, 0.1) is 11.2 Å². The standard InChI is InChI=1S/C16H22F3N3O/c17-16(18,19)13-4-6-20-14(10-13)22-9-5-15(23,12-22)11-21-7-2-1-3-8-21/h4,6,10,23H,1-3,5,7-9,11-12H2/t15-/m1/s1. The summed E-state index contributed by atoms with van der Waals surface area (Å²) >= 11 is 0. The van der Waals surface area contributed by atoms with Gasteiger partial charge in [-0.05, 0) is 44.5 Å². The lowest BCUT2D eigenvalue weighted by atomic mass is 10.0. The fourth-order valence-corrected chi connectivity index (χ4v) is 3.48. The van der Waals surface area contributed by atoms with E-state index in [1.807, 2.05) is 0 Å². The number of nitrogens with zero attached hydrogens (tertiary/aromatic N) is 3. The van der Waals surface area contributed by atoms with Crippen molar-refractivity contribution >= 4 is 5.82 Å². The van der Waals surface area contributed by atoms with E-state index >= 15 is 0 Å². The fraction of sp³-hybridized carbons (Fsp3) is 0.688. The second-order valence-corrected chi connectivity index (χ2v) is 6.63. The number of pyridine rings is 1. The summed E-state index contributed by atoms with van der Waals surface area (Å²) in [7, 11) is 0. The van der Waals surface area contributed by atoms with Crippen molar-refractivity contribution in [1.29, 1.82) is 0 Å². The molecule has 2 fully saturated rings. The zero-order chi connectivity index (χ0) is 16.5. The van der Waals surface area contributed by atoms with Gasteiger partial charge in [-0.15, -0.1) is 0 Å². The van der Waals surface area contributed by atoms with Crippen molar-refractivity contribution in [2.75, 3.05) is 37.6 Å². The van der Waals surface area contributed by atoms with Crippen LogP contribution in [0, 0.1) is 0 Å². The molecule has 1 N–H and O–H groups in total. The highest BCUT2D eigenvalue weighted by Crippen LogP contribution is 2.33. The van der Waals surface area contributed by atoms with Gasteiger partial charge in [-0.2, -0.15) is 13.2 Å². The van der Waals surface area contributed by atoms with Crippen LogP contribution in [0.5, 0.6) is 0 Å². The number of anilines is 1. The Bertz CT molecular complexity index is 546. The fourth-order valence-electron chi connectivity index (χ4n) is 3.48. The SMILES string of the molecule is O[C@@]1(CN2CCCCC2)CCN(c2cc(C(F)(F)F)ccn2)C1. The number of piperidine rings is 1. The van der Waals surface area contributed by atoms with Crippen LogP contribution in [0.25, 0.3) is 0 Å². The maximum absolute atomic E-state index is 12.8. The Balaban J connectivity index is 1.67. The Morgan fingerprint density at radius 3 is 2.61 bits per heavy atom. The lowest BCUT2D eigenvalue weighted by molar-refractivity contribution is -0.137. The molecule has 3 rings (SSSR count). The number of hydrogen-bond donors (Lipinski definition) is 1. The van der Waals surface area contributed by atoms with Gasteiger partial charge in [0.2, 0.25) is 0 Å². The van der Waals surface area contributed by atoms with Crippen LogP contribution in [-0.4, -0.2) is 53.3 Å². The number of rotatable bonds is 3. The number of halogens is 3. The van der Waals surface area contributed by atoms with Gasteiger partial charge in [-0.1, -0.05) is 6.42 Å². The van der Waals surface area contributed by atoms with Gasteiger partial charge in [0.15, 0.2) is 0 Å². The molecule has 1 atom stereocenters. The summed E-state index contributed by atoms with van der Waals surface area (Å²) in [6, 6.07) is 2.03. The molecule has 1 aromatic heterocycles. The first-order chi connectivity index (χ1) is 10.9. The van der Waals surface area contributed by atoms with Crippen molar-refractivity contribution in [2.24, 2.45) is 0 Å². The molecule has 2 aliphatic heterocycles. The van der Waals surface area contributed by atoms with Crippen molar-refractivity contribution in [3.05, 3.63) is 23.9 Å². The quantitative estimate of drug-likeness (QED) is 0.925. The maximum Gasteiger partial charge on any atom is 0.416 e. The maximum atomic E-state index is 12.8. The van der Waals surface area contributed by atoms with Crippen LogP contribution in [0.1, 0.15) is 31.2 Å². The van der Waals surface area contributed by atoms with Crippen LogP contribution in [0.15, 0.2) is 18.3 Å². The molecule has 0 unspecified atom stereocenters. The molecule has 0 amide bonds. The Labute approximate surface area is 133 Å². The van der Waals surface area contributed by atoms with Crippen molar-refractivity contribution in [3.8, 4) is 0 Å². The molecule has 0 saturated carbocycles. The van der Waals surface area contributed by atoms with Gasteiger partial charge in [0.25, 0.3) is 0 Å². The summed E-state index contributed by atoms with van der Waals surface area (Å²) in [6.07, 6.45) is 0.891. The highest BCUT2D eigenvalue weighted by atomic mass is 19.4. The smallest absolute Gasteiger partial charge is 0.387 e. The molecule has 4 nitrogen and oxygen atoms in total. The first-order valence-electron chi connectivity index (χ1n) is 8.09. The number of aromatic nitrogens is 1. The minimum Gasteiger partial charge on any atom is -0.387 e. The number of likely N-dealkylation sites (tertiary alicyclic amines) is 1. The van der Waals surface area contributed by atoms with Gasteiger partial charge in [-0.3, -0.25) is 0 Å². The molecule has 23 heavy (non-hydrogen) atoms. The third-order valence-corrected chi connectivity index (χ3v) is 4.70. The normalized spacial score (nSPS) is 26.7. The molecule has 2 aliphatic rings. The highest BCUT2D eigenvalue weighted by molar-refractivity contribution is 5.43. The summed E-state index contributed by atoms with van der Waals surface area (Å²) in [5.41, 5.74) is -1.57. The Morgan fingerprint density at radius 1 is 1.17 bits per heavy atom. The largest absolute Gasteiger partial charge is 0.416 e. The van der Waals surface area contributed by atoms with Gasteiger partial charge in [0.1, 0.15) is 5.82 Å². The van der Waals surface area contributed by atoms with E-state index in [4.69, 9.17) is 0 Å². The minimum absolute atomic E-state index is 0.286. The zero-order valence-electron chi connectivity index (χ0n) is 13.0. The lowest BCUT2D eigenvalue weighted by Gasteiger charge is -2.33. The molecular formula is C16H22F3N3O. The monoisotopic (exact) mass is 329 g/mol. The summed E-state index contributed by atoms with van der Waals surface area (Å²) in [5.74, 6) is 0.286. The average Bonchev–Trinajstić information content (AvgIpc) is 2.90. The van der Waals surface area contributed by atoms with Gasteiger partial charge >= 0.3 is 6.18 Å². The van der Waals surface area contributed by atoms with E-state index in [1.165, 1.54) is 12.6 Å². The average molecular weight is 329 g/mol. The number of hydrogen-bond acceptors (Lipinski definition) is 4. The van der Waals surface area contributed by atoms with E-state index in [9.17, 15) is 18.3 Å². The van der Waals surface area contributed by atoms with E-state index in [2.05, 4.69) is 9.88 Å². The number of β-amino-alcohol motifs (C(OH)–C–C–N with tert-alkyl or cyclic N) is 1. The predicted octanol–water partition coefficient (Wildman–Crippen LogP) is 2.53. The molecule has 0 radical (unpaired) electrons. The van der Waals surface area contributed by atoms with Gasteiger partial charge in [0, 0.05) is 25.8 Å². The molecule has 0 aliphatic carbocycles. The Hall–Kier alpha value is -1.34. The predicted molar refractivity (Wildman–Crippen MR) is 81.3 cm³/mol. The summed E-state index contributed by atoms with van der Waals surface area (Å²) in [5, 5.41) is 10.8. The molecular weight excluding hydrogens is 307 g/mol. The van der Waals surface area contributed by atoms with Crippen LogP contribution in [0.4, 0.5) is 19.0 Å². The number of aliphatic hydroxyl groups is 1. The second kappa shape index (κ2) is 6.28. The van der Waals surface area contributed by atoms with E-state index in [-0.39, 0.29) is 5.82 Å². The van der Waals surface area contributed by atoms with Crippen molar-refractivity contribution < 1.29 is 18.3 Å². The molecule has 0 spiro atoms. The Morgan fingerprint density at radius 2 is 1.91 bits per heavy atom. The van der Waals surface area contributed by atoms with Crippen LogP contribution in [-0.2, 0) is 6.18 Å². The zero-order valence-corrected chi connectivity index (χ0v) is 13.0. The van der Waals surface area contributed by atoms with Crippen LogP contribution in [0.2, 0.25) is 0 Å². The van der Waals surface area contributed by atoms with Crippen molar-refractivity contribution in [1.82, 2.24) is 9.88 Å².